The second-order valence-corrected chi connectivity index (χ2v) is 7.65. The molecule has 0 bridgehead atoms. The predicted octanol–water partition coefficient (Wildman–Crippen LogP) is 3.21. The van der Waals surface area contributed by atoms with E-state index in [-0.39, 0.29) is 5.91 Å². The van der Waals surface area contributed by atoms with Crippen molar-refractivity contribution < 1.29 is 19.0 Å². The maximum atomic E-state index is 12.0. The summed E-state index contributed by atoms with van der Waals surface area (Å²) in [6, 6.07) is 13.5. The molecule has 1 N–H and O–H groups in total. The zero-order chi connectivity index (χ0) is 21.2. The van der Waals surface area contributed by atoms with E-state index in [0.717, 1.165) is 28.7 Å². The molecule has 2 aromatic rings. The molecule has 8 heteroatoms. The number of hydrazone groups is 1. The smallest absolute Gasteiger partial charge is 0.254 e. The summed E-state index contributed by atoms with van der Waals surface area (Å²) in [5, 5.41) is 4.06. The lowest BCUT2D eigenvalue weighted by Gasteiger charge is -2.25. The van der Waals surface area contributed by atoms with Gasteiger partial charge in [-0.3, -0.25) is 9.69 Å². The minimum atomic E-state index is -0.146. The SMILES string of the molecule is CCOc1cc(/C=N/NC(=O)CN2CCOCC2)ccc1OCc1ccc(Br)cc1. The van der Waals surface area contributed by atoms with Gasteiger partial charge in [0.1, 0.15) is 6.61 Å². The van der Waals surface area contributed by atoms with E-state index < -0.39 is 0 Å². The highest BCUT2D eigenvalue weighted by molar-refractivity contribution is 9.10. The molecule has 1 saturated heterocycles. The molecule has 0 saturated carbocycles. The molecule has 0 atom stereocenters. The third-order valence-corrected chi connectivity index (χ3v) is 4.98. The normalized spacial score (nSPS) is 14.6. The summed E-state index contributed by atoms with van der Waals surface area (Å²) >= 11 is 3.43. The van der Waals surface area contributed by atoms with Crippen molar-refractivity contribution in [2.45, 2.75) is 13.5 Å². The van der Waals surface area contributed by atoms with Crippen molar-refractivity contribution in [1.82, 2.24) is 10.3 Å². The van der Waals surface area contributed by atoms with Gasteiger partial charge in [-0.15, -0.1) is 0 Å². The molecule has 0 aromatic heterocycles. The predicted molar refractivity (Wildman–Crippen MR) is 119 cm³/mol. The van der Waals surface area contributed by atoms with Gasteiger partial charge in [0, 0.05) is 17.6 Å². The van der Waals surface area contributed by atoms with E-state index >= 15 is 0 Å². The lowest BCUT2D eigenvalue weighted by atomic mass is 10.2. The van der Waals surface area contributed by atoms with Crippen LogP contribution < -0.4 is 14.9 Å². The van der Waals surface area contributed by atoms with Crippen LogP contribution in [0.15, 0.2) is 52.0 Å². The van der Waals surface area contributed by atoms with Crippen molar-refractivity contribution in [3.8, 4) is 11.5 Å². The zero-order valence-electron chi connectivity index (χ0n) is 17.0. The maximum Gasteiger partial charge on any atom is 0.254 e. The number of nitrogens with one attached hydrogen (secondary N) is 1. The molecule has 1 aliphatic rings. The fourth-order valence-electron chi connectivity index (χ4n) is 2.91. The second-order valence-electron chi connectivity index (χ2n) is 6.74. The highest BCUT2D eigenvalue weighted by Gasteiger charge is 2.13. The van der Waals surface area contributed by atoms with E-state index in [0.29, 0.717) is 44.5 Å². The second kappa shape index (κ2) is 11.7. The molecule has 160 valence electrons. The van der Waals surface area contributed by atoms with Gasteiger partial charge in [-0.25, -0.2) is 5.43 Å². The molecule has 1 amide bonds. The number of morpholine rings is 1. The van der Waals surface area contributed by atoms with E-state index in [4.69, 9.17) is 14.2 Å². The Morgan fingerprint density at radius 2 is 1.93 bits per heavy atom. The molecule has 0 radical (unpaired) electrons. The summed E-state index contributed by atoms with van der Waals surface area (Å²) in [7, 11) is 0. The Bertz CT molecular complexity index is 852. The van der Waals surface area contributed by atoms with Crippen LogP contribution in [0, 0.1) is 0 Å². The van der Waals surface area contributed by atoms with Crippen LogP contribution in [0.3, 0.4) is 0 Å². The molecule has 7 nitrogen and oxygen atoms in total. The van der Waals surface area contributed by atoms with Crippen molar-refractivity contribution >= 4 is 28.1 Å². The Morgan fingerprint density at radius 1 is 1.17 bits per heavy atom. The van der Waals surface area contributed by atoms with Gasteiger partial charge < -0.3 is 14.2 Å². The molecule has 0 spiro atoms. The minimum Gasteiger partial charge on any atom is -0.490 e. The summed E-state index contributed by atoms with van der Waals surface area (Å²) in [5.74, 6) is 1.15. The van der Waals surface area contributed by atoms with Crippen LogP contribution in [0.4, 0.5) is 0 Å². The van der Waals surface area contributed by atoms with Gasteiger partial charge in [0.2, 0.25) is 0 Å². The summed E-state index contributed by atoms with van der Waals surface area (Å²) in [6.07, 6.45) is 1.60. The van der Waals surface area contributed by atoms with Gasteiger partial charge in [0.25, 0.3) is 5.91 Å². The molecule has 2 aromatic carbocycles. The zero-order valence-corrected chi connectivity index (χ0v) is 18.6. The Balaban J connectivity index is 1.55. The Labute approximate surface area is 185 Å². The van der Waals surface area contributed by atoms with Gasteiger partial charge in [0.15, 0.2) is 11.5 Å². The molecular formula is C22H26BrN3O4. The summed E-state index contributed by atoms with van der Waals surface area (Å²) < 4.78 is 18.0. The molecule has 1 fully saturated rings. The molecule has 0 unspecified atom stereocenters. The van der Waals surface area contributed by atoms with Crippen LogP contribution in [0.2, 0.25) is 0 Å². The first-order valence-corrected chi connectivity index (χ1v) is 10.7. The van der Waals surface area contributed by atoms with Crippen LogP contribution in [0.5, 0.6) is 11.5 Å². The summed E-state index contributed by atoms with van der Waals surface area (Å²) in [4.78, 5) is 14.1. The lowest BCUT2D eigenvalue weighted by Crippen LogP contribution is -2.42. The average molecular weight is 476 g/mol. The lowest BCUT2D eigenvalue weighted by molar-refractivity contribution is -0.123. The van der Waals surface area contributed by atoms with Crippen LogP contribution in [-0.4, -0.2) is 56.5 Å². The van der Waals surface area contributed by atoms with Crippen molar-refractivity contribution in [1.29, 1.82) is 0 Å². The number of halogens is 1. The largest absolute Gasteiger partial charge is 0.490 e. The van der Waals surface area contributed by atoms with E-state index in [9.17, 15) is 4.79 Å². The van der Waals surface area contributed by atoms with Crippen molar-refractivity contribution in [3.63, 3.8) is 0 Å². The number of hydrogen-bond donors (Lipinski definition) is 1. The van der Waals surface area contributed by atoms with Crippen LogP contribution >= 0.6 is 15.9 Å². The van der Waals surface area contributed by atoms with Crippen molar-refractivity contribution in [2.24, 2.45) is 5.10 Å². The number of carbonyl (C=O) groups is 1. The number of ether oxygens (including phenoxy) is 3. The highest BCUT2D eigenvalue weighted by Crippen LogP contribution is 2.29. The van der Waals surface area contributed by atoms with Crippen LogP contribution in [-0.2, 0) is 16.1 Å². The molecule has 1 heterocycles. The van der Waals surface area contributed by atoms with Crippen molar-refractivity contribution in [2.75, 3.05) is 39.5 Å². The maximum absolute atomic E-state index is 12.0. The quantitative estimate of drug-likeness (QED) is 0.445. The first-order chi connectivity index (χ1) is 14.6. The number of rotatable bonds is 9. The van der Waals surface area contributed by atoms with Crippen molar-refractivity contribution in [3.05, 3.63) is 58.1 Å². The average Bonchev–Trinajstić information content (AvgIpc) is 2.75. The topological polar surface area (TPSA) is 72.4 Å². The van der Waals surface area contributed by atoms with Gasteiger partial charge in [-0.05, 0) is 48.4 Å². The van der Waals surface area contributed by atoms with Crippen LogP contribution in [0.25, 0.3) is 0 Å². The monoisotopic (exact) mass is 475 g/mol. The minimum absolute atomic E-state index is 0.146. The number of amides is 1. The first-order valence-electron chi connectivity index (χ1n) is 9.90. The molecule has 0 aliphatic carbocycles. The molecule has 1 aliphatic heterocycles. The van der Waals surface area contributed by atoms with E-state index in [1.807, 2.05) is 54.3 Å². The fraction of sp³-hybridized carbons (Fsp3) is 0.364. The molecule has 30 heavy (non-hydrogen) atoms. The van der Waals surface area contributed by atoms with E-state index in [1.165, 1.54) is 0 Å². The fourth-order valence-corrected chi connectivity index (χ4v) is 3.18. The molecular weight excluding hydrogens is 450 g/mol. The Kier molecular flexibility index (Phi) is 8.67. The number of carbonyl (C=O) groups excluding carboxylic acids is 1. The standard InChI is InChI=1S/C22H26BrN3O4/c1-2-29-21-13-18(14-24-25-22(27)15-26-9-11-28-12-10-26)5-8-20(21)30-16-17-3-6-19(23)7-4-17/h3-8,13-14H,2,9-12,15-16H2,1H3,(H,25,27)/b24-14+. The number of benzene rings is 2. The number of nitrogens with zero attached hydrogens (tertiary/aromatic N) is 2. The van der Waals surface area contributed by atoms with Crippen LogP contribution in [0.1, 0.15) is 18.1 Å². The number of hydrogen-bond acceptors (Lipinski definition) is 6. The van der Waals surface area contributed by atoms with Gasteiger partial charge in [-0.2, -0.15) is 5.10 Å². The first kappa shape index (κ1) is 22.3. The third kappa shape index (κ3) is 7.12. The summed E-state index contributed by atoms with van der Waals surface area (Å²) in [6.45, 7) is 6.04. The Hall–Kier alpha value is -2.42. The Morgan fingerprint density at radius 3 is 2.67 bits per heavy atom. The van der Waals surface area contributed by atoms with Gasteiger partial charge in [-0.1, -0.05) is 28.1 Å². The third-order valence-electron chi connectivity index (χ3n) is 4.45. The van der Waals surface area contributed by atoms with E-state index in [1.54, 1.807) is 6.21 Å². The van der Waals surface area contributed by atoms with E-state index in [2.05, 4.69) is 26.5 Å². The summed E-state index contributed by atoms with van der Waals surface area (Å²) in [5.41, 5.74) is 4.44. The highest BCUT2D eigenvalue weighted by atomic mass is 79.9. The molecule has 3 rings (SSSR count). The van der Waals surface area contributed by atoms with Gasteiger partial charge in [0.05, 0.1) is 32.6 Å². The van der Waals surface area contributed by atoms with Gasteiger partial charge >= 0.3 is 0 Å².